The van der Waals surface area contributed by atoms with Crippen LogP contribution in [0.25, 0.3) is 0 Å². The van der Waals surface area contributed by atoms with Crippen LogP contribution in [0.1, 0.15) is 27.7 Å². The second kappa shape index (κ2) is 6.26. The average Bonchev–Trinajstić information content (AvgIpc) is 2.63. The number of thioether (sulfide) groups is 1. The van der Waals surface area contributed by atoms with Crippen molar-refractivity contribution in [2.24, 2.45) is 0 Å². The zero-order chi connectivity index (χ0) is 12.9. The van der Waals surface area contributed by atoms with Gasteiger partial charge in [0.25, 0.3) is 0 Å². The van der Waals surface area contributed by atoms with Gasteiger partial charge in [-0.3, -0.25) is 0 Å². The molecule has 0 aliphatic rings. The Balaban J connectivity index is 2.25. The molecule has 0 aliphatic heterocycles. The summed E-state index contributed by atoms with van der Waals surface area (Å²) in [5.41, 5.74) is -0.452. The maximum Gasteiger partial charge on any atom is 0.407 e. The first kappa shape index (κ1) is 14.3. The largest absolute Gasteiger partial charge is 0.444 e. The second-order valence-electron chi connectivity index (χ2n) is 4.66. The normalized spacial score (nSPS) is 13.2. The van der Waals surface area contributed by atoms with Gasteiger partial charge in [-0.1, -0.05) is 11.8 Å². The molecule has 1 atom stereocenters. The van der Waals surface area contributed by atoms with Crippen LogP contribution in [-0.4, -0.2) is 28.5 Å². The summed E-state index contributed by atoms with van der Waals surface area (Å²) in [6.07, 6.45) is 1.41. The molecule has 17 heavy (non-hydrogen) atoms. The standard InChI is InChI=1S/C11H18N2O2S2/c1-8(7-17-10-12-5-6-16-10)13-9(14)15-11(2,3)4/h5-6,8H,7H2,1-4H3,(H,13,14)/t8-/m1/s1. The van der Waals surface area contributed by atoms with E-state index in [9.17, 15) is 4.79 Å². The van der Waals surface area contributed by atoms with Crippen LogP contribution >= 0.6 is 23.1 Å². The average molecular weight is 274 g/mol. The van der Waals surface area contributed by atoms with Crippen molar-refractivity contribution < 1.29 is 9.53 Å². The van der Waals surface area contributed by atoms with Gasteiger partial charge in [0.15, 0.2) is 0 Å². The molecule has 1 heterocycles. The van der Waals surface area contributed by atoms with Gasteiger partial charge < -0.3 is 10.1 Å². The number of hydrogen-bond acceptors (Lipinski definition) is 5. The highest BCUT2D eigenvalue weighted by atomic mass is 32.2. The molecule has 96 valence electrons. The third kappa shape index (κ3) is 6.53. The van der Waals surface area contributed by atoms with E-state index in [1.54, 1.807) is 29.3 Å². The van der Waals surface area contributed by atoms with Crippen molar-refractivity contribution in [1.29, 1.82) is 0 Å². The highest BCUT2D eigenvalue weighted by Gasteiger charge is 2.17. The molecule has 0 spiro atoms. The first-order chi connectivity index (χ1) is 7.87. The number of carbonyl (C=O) groups is 1. The van der Waals surface area contributed by atoms with Gasteiger partial charge >= 0.3 is 6.09 Å². The maximum absolute atomic E-state index is 11.5. The molecule has 1 rings (SSSR count). The van der Waals surface area contributed by atoms with Crippen LogP contribution in [0.3, 0.4) is 0 Å². The fraction of sp³-hybridized carbons (Fsp3) is 0.636. The lowest BCUT2D eigenvalue weighted by molar-refractivity contribution is 0.0513. The summed E-state index contributed by atoms with van der Waals surface area (Å²) < 4.78 is 6.19. The van der Waals surface area contributed by atoms with Crippen molar-refractivity contribution in [3.8, 4) is 0 Å². The molecule has 1 aromatic rings. The molecule has 6 heteroatoms. The number of nitrogens with one attached hydrogen (secondary N) is 1. The van der Waals surface area contributed by atoms with Crippen LogP contribution < -0.4 is 5.32 Å². The van der Waals surface area contributed by atoms with Gasteiger partial charge in [0, 0.05) is 23.4 Å². The van der Waals surface area contributed by atoms with E-state index in [1.165, 1.54) is 0 Å². The third-order valence-electron chi connectivity index (χ3n) is 1.63. The molecule has 4 nitrogen and oxygen atoms in total. The molecule has 0 saturated carbocycles. The molecule has 0 saturated heterocycles. The Bertz CT molecular complexity index is 347. The molecule has 1 aromatic heterocycles. The number of amides is 1. The van der Waals surface area contributed by atoms with Crippen LogP contribution in [0.4, 0.5) is 4.79 Å². The number of hydrogen-bond donors (Lipinski definition) is 1. The number of ether oxygens (including phenoxy) is 1. The predicted octanol–water partition coefficient (Wildman–Crippen LogP) is 3.15. The molecular formula is C11H18N2O2S2. The number of alkyl carbamates (subject to hydrolysis) is 1. The lowest BCUT2D eigenvalue weighted by Crippen LogP contribution is -2.38. The minimum atomic E-state index is -0.452. The number of nitrogens with zero attached hydrogens (tertiary/aromatic N) is 1. The highest BCUT2D eigenvalue weighted by Crippen LogP contribution is 2.20. The minimum absolute atomic E-state index is 0.0544. The fourth-order valence-electron chi connectivity index (χ4n) is 1.03. The highest BCUT2D eigenvalue weighted by molar-refractivity contribution is 8.01. The smallest absolute Gasteiger partial charge is 0.407 e. The van der Waals surface area contributed by atoms with E-state index in [0.717, 1.165) is 10.1 Å². The van der Waals surface area contributed by atoms with Crippen LogP contribution in [0, 0.1) is 0 Å². The van der Waals surface area contributed by atoms with Crippen LogP contribution in [0.5, 0.6) is 0 Å². The van der Waals surface area contributed by atoms with E-state index < -0.39 is 5.60 Å². The maximum atomic E-state index is 11.5. The zero-order valence-electron chi connectivity index (χ0n) is 10.5. The van der Waals surface area contributed by atoms with E-state index >= 15 is 0 Å². The number of aromatic nitrogens is 1. The second-order valence-corrected chi connectivity index (χ2v) is 6.82. The summed E-state index contributed by atoms with van der Waals surface area (Å²) in [5, 5.41) is 4.73. The van der Waals surface area contributed by atoms with Crippen LogP contribution in [-0.2, 0) is 4.74 Å². The lowest BCUT2D eigenvalue weighted by Gasteiger charge is -2.21. The van der Waals surface area contributed by atoms with Crippen molar-refractivity contribution in [2.75, 3.05) is 5.75 Å². The van der Waals surface area contributed by atoms with E-state index in [1.807, 2.05) is 33.1 Å². The van der Waals surface area contributed by atoms with Gasteiger partial charge in [-0.2, -0.15) is 0 Å². The summed E-state index contributed by atoms with van der Waals surface area (Å²) in [7, 11) is 0. The quantitative estimate of drug-likeness (QED) is 0.857. The van der Waals surface area contributed by atoms with Gasteiger partial charge in [0.1, 0.15) is 9.94 Å². The first-order valence-electron chi connectivity index (χ1n) is 5.38. The molecular weight excluding hydrogens is 256 g/mol. The van der Waals surface area contributed by atoms with Crippen molar-refractivity contribution in [3.63, 3.8) is 0 Å². The van der Waals surface area contributed by atoms with Gasteiger partial charge in [0.2, 0.25) is 0 Å². The fourth-order valence-corrected chi connectivity index (χ4v) is 2.64. The molecule has 0 unspecified atom stereocenters. The Morgan fingerprint density at radius 1 is 1.65 bits per heavy atom. The Hall–Kier alpha value is -0.750. The van der Waals surface area contributed by atoms with Crippen molar-refractivity contribution in [2.45, 2.75) is 43.7 Å². The first-order valence-corrected chi connectivity index (χ1v) is 7.25. The Morgan fingerprint density at radius 3 is 2.88 bits per heavy atom. The van der Waals surface area contributed by atoms with Crippen molar-refractivity contribution in [1.82, 2.24) is 10.3 Å². The summed E-state index contributed by atoms with van der Waals surface area (Å²) in [6, 6.07) is 0.0544. The monoisotopic (exact) mass is 274 g/mol. The summed E-state index contributed by atoms with van der Waals surface area (Å²) in [5.74, 6) is 0.784. The zero-order valence-corrected chi connectivity index (χ0v) is 12.2. The predicted molar refractivity (Wildman–Crippen MR) is 71.7 cm³/mol. The van der Waals surface area contributed by atoms with Gasteiger partial charge in [-0.25, -0.2) is 9.78 Å². The molecule has 0 aliphatic carbocycles. The van der Waals surface area contributed by atoms with Gasteiger partial charge in [-0.15, -0.1) is 11.3 Å². The number of carbonyl (C=O) groups excluding carboxylic acids is 1. The van der Waals surface area contributed by atoms with Crippen LogP contribution in [0.2, 0.25) is 0 Å². The van der Waals surface area contributed by atoms with E-state index in [2.05, 4.69) is 10.3 Å². The summed E-state index contributed by atoms with van der Waals surface area (Å²) in [4.78, 5) is 15.6. The molecule has 1 amide bonds. The Labute approximate surface area is 110 Å². The SMILES string of the molecule is C[C@H](CSc1nccs1)NC(=O)OC(C)(C)C. The Kier molecular flexibility index (Phi) is 5.27. The summed E-state index contributed by atoms with van der Waals surface area (Å²) >= 11 is 3.23. The van der Waals surface area contributed by atoms with Crippen molar-refractivity contribution in [3.05, 3.63) is 11.6 Å². The van der Waals surface area contributed by atoms with Crippen LogP contribution in [0.15, 0.2) is 15.9 Å². The Morgan fingerprint density at radius 2 is 2.35 bits per heavy atom. The molecule has 1 N–H and O–H groups in total. The van der Waals surface area contributed by atoms with Crippen molar-refractivity contribution >= 4 is 29.2 Å². The molecule has 0 bridgehead atoms. The van der Waals surface area contributed by atoms with E-state index in [4.69, 9.17) is 4.74 Å². The van der Waals surface area contributed by atoms with E-state index in [0.29, 0.717) is 0 Å². The number of thiazole rings is 1. The topological polar surface area (TPSA) is 51.2 Å². The molecule has 0 radical (unpaired) electrons. The summed E-state index contributed by atoms with van der Waals surface area (Å²) in [6.45, 7) is 7.50. The van der Waals surface area contributed by atoms with Gasteiger partial charge in [-0.05, 0) is 27.7 Å². The lowest BCUT2D eigenvalue weighted by atomic mass is 10.2. The minimum Gasteiger partial charge on any atom is -0.444 e. The molecule has 0 aromatic carbocycles. The van der Waals surface area contributed by atoms with Gasteiger partial charge in [0.05, 0.1) is 0 Å². The third-order valence-corrected chi connectivity index (χ3v) is 3.86. The number of rotatable bonds is 4. The van der Waals surface area contributed by atoms with E-state index in [-0.39, 0.29) is 12.1 Å². The molecule has 0 fully saturated rings.